The number of aromatic nitrogens is 2. The van der Waals surface area contributed by atoms with Crippen molar-refractivity contribution in [3.63, 3.8) is 0 Å². The first kappa shape index (κ1) is 11.5. The summed E-state index contributed by atoms with van der Waals surface area (Å²) in [6, 6.07) is 0. The zero-order valence-corrected chi connectivity index (χ0v) is 10.6. The van der Waals surface area contributed by atoms with Crippen molar-refractivity contribution >= 4 is 11.6 Å². The summed E-state index contributed by atoms with van der Waals surface area (Å²) in [7, 11) is 1.84. The van der Waals surface area contributed by atoms with E-state index in [1.807, 2.05) is 11.6 Å². The molecule has 0 aliphatic carbocycles. The highest BCUT2D eigenvalue weighted by atomic mass is 16.6. The largest absolute Gasteiger partial charge is 0.406 e. The van der Waals surface area contributed by atoms with Crippen molar-refractivity contribution < 1.29 is 4.92 Å². The maximum atomic E-state index is 11.1. The third kappa shape index (κ3) is 1.58. The Bertz CT molecular complexity index is 486. The highest BCUT2D eigenvalue weighted by molar-refractivity contribution is 5.56. The van der Waals surface area contributed by atoms with E-state index < -0.39 is 0 Å². The zero-order chi connectivity index (χ0) is 12.9. The Morgan fingerprint density at radius 3 is 2.56 bits per heavy atom. The van der Waals surface area contributed by atoms with E-state index in [1.165, 1.54) is 0 Å². The van der Waals surface area contributed by atoms with Gasteiger partial charge in [0.1, 0.15) is 0 Å². The van der Waals surface area contributed by atoms with Gasteiger partial charge in [0.25, 0.3) is 0 Å². The van der Waals surface area contributed by atoms with Crippen LogP contribution in [0.4, 0.5) is 11.6 Å². The van der Waals surface area contributed by atoms with Crippen molar-refractivity contribution in [3.8, 4) is 0 Å². The van der Waals surface area contributed by atoms with Crippen molar-refractivity contribution in [3.05, 3.63) is 15.9 Å². The summed E-state index contributed by atoms with van der Waals surface area (Å²) >= 11 is 0. The SMILES string of the molecule is Cc1nc([N+](=O)[O-])c(N2C[C@H]3CNC[C@H]3C2)n1C. The Morgan fingerprint density at radius 2 is 2.00 bits per heavy atom. The third-order valence-corrected chi connectivity index (χ3v) is 4.13. The van der Waals surface area contributed by atoms with Gasteiger partial charge in [-0.05, 0) is 21.7 Å². The van der Waals surface area contributed by atoms with Crippen LogP contribution in [0.5, 0.6) is 0 Å². The van der Waals surface area contributed by atoms with Gasteiger partial charge < -0.3 is 20.3 Å². The standard InChI is InChI=1S/C11H17N5O2/c1-7-13-10(16(17)18)11(14(7)2)15-5-8-3-12-4-9(8)6-15/h8-9,12H,3-6H2,1-2H3/t8-,9+. The highest BCUT2D eigenvalue weighted by Crippen LogP contribution is 2.35. The molecule has 1 aromatic rings. The number of rotatable bonds is 2. The average molecular weight is 251 g/mol. The number of hydrogen-bond donors (Lipinski definition) is 1. The van der Waals surface area contributed by atoms with Crippen LogP contribution in [0, 0.1) is 28.9 Å². The van der Waals surface area contributed by atoms with Crippen molar-refractivity contribution in [1.82, 2.24) is 14.9 Å². The number of hydrogen-bond acceptors (Lipinski definition) is 5. The van der Waals surface area contributed by atoms with Crippen LogP contribution in [0.15, 0.2) is 0 Å². The van der Waals surface area contributed by atoms with Crippen LogP contribution in [0.3, 0.4) is 0 Å². The molecule has 2 aliphatic rings. The minimum Gasteiger partial charge on any atom is -0.358 e. The van der Waals surface area contributed by atoms with E-state index in [-0.39, 0.29) is 10.7 Å². The van der Waals surface area contributed by atoms with Crippen LogP contribution in [-0.2, 0) is 7.05 Å². The molecule has 7 nitrogen and oxygen atoms in total. The summed E-state index contributed by atoms with van der Waals surface area (Å²) in [6.45, 7) is 5.61. The third-order valence-electron chi connectivity index (χ3n) is 4.13. The van der Waals surface area contributed by atoms with Gasteiger partial charge in [-0.1, -0.05) is 0 Å². The second-order valence-corrected chi connectivity index (χ2v) is 5.21. The fraction of sp³-hybridized carbons (Fsp3) is 0.727. The van der Waals surface area contributed by atoms with Gasteiger partial charge in [-0.15, -0.1) is 0 Å². The van der Waals surface area contributed by atoms with E-state index in [0.29, 0.717) is 23.5 Å². The Balaban J connectivity index is 1.95. The molecule has 1 N–H and O–H groups in total. The Morgan fingerprint density at radius 1 is 1.39 bits per heavy atom. The molecule has 98 valence electrons. The number of anilines is 1. The quantitative estimate of drug-likeness (QED) is 0.604. The van der Waals surface area contributed by atoms with E-state index in [2.05, 4.69) is 15.2 Å². The van der Waals surface area contributed by atoms with Gasteiger partial charge in [0, 0.05) is 40.2 Å². The Labute approximate surface area is 105 Å². The minimum absolute atomic E-state index is 0.0112. The van der Waals surface area contributed by atoms with Crippen LogP contribution in [0.1, 0.15) is 5.82 Å². The number of nitrogens with one attached hydrogen (secondary N) is 1. The first-order valence-corrected chi connectivity index (χ1v) is 6.21. The number of imidazole rings is 1. The van der Waals surface area contributed by atoms with E-state index in [0.717, 1.165) is 26.2 Å². The fourth-order valence-electron chi connectivity index (χ4n) is 3.09. The number of nitrogens with zero attached hydrogens (tertiary/aromatic N) is 4. The smallest absolute Gasteiger partial charge is 0.358 e. The molecule has 2 atom stereocenters. The average Bonchev–Trinajstić information content (AvgIpc) is 2.93. The first-order valence-electron chi connectivity index (χ1n) is 6.21. The predicted molar refractivity (Wildman–Crippen MR) is 66.7 cm³/mol. The van der Waals surface area contributed by atoms with Crippen LogP contribution in [-0.4, -0.2) is 40.7 Å². The van der Waals surface area contributed by atoms with Crippen molar-refractivity contribution in [1.29, 1.82) is 0 Å². The minimum atomic E-state index is -0.380. The van der Waals surface area contributed by atoms with Gasteiger partial charge in [-0.3, -0.25) is 4.57 Å². The normalized spacial score (nSPS) is 26.7. The lowest BCUT2D eigenvalue weighted by atomic mass is 10.0. The number of aryl methyl sites for hydroxylation is 1. The summed E-state index contributed by atoms with van der Waals surface area (Å²) in [5.74, 6) is 2.56. The molecule has 0 saturated carbocycles. The molecule has 1 aromatic heterocycles. The second kappa shape index (κ2) is 3.94. The van der Waals surface area contributed by atoms with Crippen molar-refractivity contribution in [2.45, 2.75) is 6.92 Å². The molecule has 0 radical (unpaired) electrons. The molecule has 0 aromatic carbocycles. The van der Waals surface area contributed by atoms with E-state index >= 15 is 0 Å². The number of fused-ring (bicyclic) bond motifs is 1. The molecule has 3 heterocycles. The maximum Gasteiger partial charge on any atom is 0.406 e. The number of nitro groups is 1. The first-order chi connectivity index (χ1) is 8.58. The molecule has 0 spiro atoms. The summed E-state index contributed by atoms with van der Waals surface area (Å²) in [6.07, 6.45) is 0. The Kier molecular flexibility index (Phi) is 2.51. The van der Waals surface area contributed by atoms with Crippen molar-refractivity contribution in [2.24, 2.45) is 18.9 Å². The molecule has 0 amide bonds. The molecule has 2 aliphatic heterocycles. The molecule has 0 bridgehead atoms. The van der Waals surface area contributed by atoms with Gasteiger partial charge in [-0.25, -0.2) is 0 Å². The predicted octanol–water partition coefficient (Wildman–Crippen LogP) is 0.292. The van der Waals surface area contributed by atoms with Gasteiger partial charge in [0.15, 0.2) is 0 Å². The summed E-state index contributed by atoms with van der Waals surface area (Å²) in [5, 5.41) is 14.5. The van der Waals surface area contributed by atoms with Gasteiger partial charge in [0.2, 0.25) is 11.6 Å². The lowest BCUT2D eigenvalue weighted by molar-refractivity contribution is -0.388. The lowest BCUT2D eigenvalue weighted by Gasteiger charge is -2.18. The van der Waals surface area contributed by atoms with Gasteiger partial charge >= 0.3 is 5.82 Å². The molecule has 3 rings (SSSR count). The van der Waals surface area contributed by atoms with E-state index in [9.17, 15) is 10.1 Å². The maximum absolute atomic E-state index is 11.1. The molecule has 2 fully saturated rings. The van der Waals surface area contributed by atoms with Gasteiger partial charge in [-0.2, -0.15) is 0 Å². The van der Waals surface area contributed by atoms with Crippen LogP contribution < -0.4 is 10.2 Å². The molecule has 18 heavy (non-hydrogen) atoms. The van der Waals surface area contributed by atoms with Crippen LogP contribution >= 0.6 is 0 Å². The fourth-order valence-corrected chi connectivity index (χ4v) is 3.09. The molecule has 2 saturated heterocycles. The Hall–Kier alpha value is -1.63. The lowest BCUT2D eigenvalue weighted by Crippen LogP contribution is -2.27. The topological polar surface area (TPSA) is 76.2 Å². The second-order valence-electron chi connectivity index (χ2n) is 5.21. The highest BCUT2D eigenvalue weighted by Gasteiger charge is 2.40. The summed E-state index contributed by atoms with van der Waals surface area (Å²) < 4.78 is 1.83. The summed E-state index contributed by atoms with van der Waals surface area (Å²) in [4.78, 5) is 16.9. The van der Waals surface area contributed by atoms with Gasteiger partial charge in [0.05, 0.1) is 0 Å². The van der Waals surface area contributed by atoms with E-state index in [4.69, 9.17) is 0 Å². The summed E-state index contributed by atoms with van der Waals surface area (Å²) in [5.41, 5.74) is 0. The molecular formula is C11H17N5O2. The van der Waals surface area contributed by atoms with E-state index in [1.54, 1.807) is 6.92 Å². The molecule has 0 unspecified atom stereocenters. The van der Waals surface area contributed by atoms with Crippen molar-refractivity contribution in [2.75, 3.05) is 31.1 Å². The monoisotopic (exact) mass is 251 g/mol. The van der Waals surface area contributed by atoms with Crippen LogP contribution in [0.2, 0.25) is 0 Å². The molecule has 7 heteroatoms. The zero-order valence-electron chi connectivity index (χ0n) is 10.6. The van der Waals surface area contributed by atoms with Crippen LogP contribution in [0.25, 0.3) is 0 Å². The molecular weight excluding hydrogens is 234 g/mol.